The second kappa shape index (κ2) is 13.7. The first-order valence-electron chi connectivity index (χ1n) is 14.4. The highest BCUT2D eigenvalue weighted by molar-refractivity contribution is 5.85. The molecular weight excluding hydrogens is 508 g/mol. The van der Waals surface area contributed by atoms with Crippen LogP contribution in [-0.4, -0.2) is 66.8 Å². The highest BCUT2D eigenvalue weighted by atomic mass is 35.5. The minimum absolute atomic E-state index is 0. The zero-order valence-corrected chi connectivity index (χ0v) is 23.0. The molecule has 9 heteroatoms. The van der Waals surface area contributed by atoms with Gasteiger partial charge < -0.3 is 24.2 Å². The van der Waals surface area contributed by atoms with Crippen molar-refractivity contribution < 1.29 is 33.0 Å². The van der Waals surface area contributed by atoms with Crippen LogP contribution in [0.25, 0.3) is 0 Å². The zero-order chi connectivity index (χ0) is 29.1. The summed E-state index contributed by atoms with van der Waals surface area (Å²) in [6, 6.07) is 10.3. The number of likely N-dealkylation sites (tertiary alicyclic amines) is 1. The molecule has 38 heavy (non-hydrogen) atoms. The van der Waals surface area contributed by atoms with Crippen molar-refractivity contribution in [3.8, 4) is 17.2 Å². The highest BCUT2D eigenvalue weighted by Crippen LogP contribution is 2.47. The van der Waals surface area contributed by atoms with Crippen LogP contribution in [0.5, 0.6) is 17.2 Å². The van der Waals surface area contributed by atoms with E-state index in [2.05, 4.69) is 0 Å². The predicted molar refractivity (Wildman–Crippen MR) is 147 cm³/mol. The van der Waals surface area contributed by atoms with Crippen molar-refractivity contribution in [2.45, 2.75) is 51.5 Å². The van der Waals surface area contributed by atoms with Crippen molar-refractivity contribution >= 4 is 24.3 Å². The maximum absolute atomic E-state index is 13.9. The largest absolute Gasteiger partial charge is 0.497 e. The van der Waals surface area contributed by atoms with Gasteiger partial charge in [0.1, 0.15) is 5.75 Å². The van der Waals surface area contributed by atoms with Crippen molar-refractivity contribution in [3.63, 3.8) is 0 Å². The van der Waals surface area contributed by atoms with Crippen LogP contribution in [-0.2, 0) is 9.59 Å². The fourth-order valence-corrected chi connectivity index (χ4v) is 4.90. The van der Waals surface area contributed by atoms with E-state index in [1.807, 2.05) is 13.8 Å². The minimum Gasteiger partial charge on any atom is -0.497 e. The molecule has 2 aliphatic rings. The van der Waals surface area contributed by atoms with Crippen LogP contribution in [0.2, 0.25) is 0 Å². The third-order valence-corrected chi connectivity index (χ3v) is 6.93. The number of hydrogen-bond acceptors (Lipinski definition) is 6. The number of benzene rings is 2. The first-order valence-corrected chi connectivity index (χ1v) is 12.9. The van der Waals surface area contributed by atoms with Gasteiger partial charge in [-0.05, 0) is 48.2 Å². The van der Waals surface area contributed by atoms with Crippen LogP contribution in [0.1, 0.15) is 66.7 Å². The fraction of sp³-hybridized carbons (Fsp3) is 0.517. The molecule has 2 aromatic carbocycles. The van der Waals surface area contributed by atoms with E-state index >= 15 is 0 Å². The Labute approximate surface area is 235 Å². The predicted octanol–water partition coefficient (Wildman–Crippen LogP) is 5.12. The van der Waals surface area contributed by atoms with Gasteiger partial charge in [0.25, 0.3) is 0 Å². The Balaban J connectivity index is 0.00000462. The van der Waals surface area contributed by atoms with Crippen molar-refractivity contribution in [2.24, 2.45) is 5.89 Å². The number of methoxy groups -OCH3 is 1. The summed E-state index contributed by atoms with van der Waals surface area (Å²) >= 11 is 0. The third-order valence-electron chi connectivity index (χ3n) is 6.93. The molecule has 1 fully saturated rings. The monoisotopic (exact) mass is 549 g/mol. The molecule has 1 saturated heterocycles. The summed E-state index contributed by atoms with van der Waals surface area (Å²) in [6.07, 6.45) is 3.14. The van der Waals surface area contributed by atoms with Gasteiger partial charge in [0, 0.05) is 33.0 Å². The number of aliphatic carboxylic acids is 1. The molecule has 2 heterocycles. The van der Waals surface area contributed by atoms with Crippen LogP contribution in [0.3, 0.4) is 0 Å². The first kappa shape index (κ1) is 25.3. The number of rotatable bonds is 12. The van der Waals surface area contributed by atoms with E-state index in [9.17, 15) is 16.1 Å². The number of carbonyl (C=O) groups is 2. The lowest BCUT2D eigenvalue weighted by Gasteiger charge is -2.30. The first-order chi connectivity index (χ1) is 19.1. The van der Waals surface area contributed by atoms with Crippen molar-refractivity contribution in [1.29, 1.82) is 0 Å². The van der Waals surface area contributed by atoms with Gasteiger partial charge in [-0.3, -0.25) is 14.5 Å². The average Bonchev–Trinajstić information content (AvgIpc) is 3.55. The van der Waals surface area contributed by atoms with Gasteiger partial charge in [-0.2, -0.15) is 0 Å². The van der Waals surface area contributed by atoms with Gasteiger partial charge in [-0.25, -0.2) is 0 Å². The van der Waals surface area contributed by atoms with Crippen molar-refractivity contribution in [1.82, 2.24) is 9.80 Å². The lowest BCUT2D eigenvalue weighted by Crippen LogP contribution is -2.42. The molecule has 0 unspecified atom stereocenters. The molecule has 1 N–H and O–H groups in total. The molecule has 0 saturated carbocycles. The Morgan fingerprint density at radius 3 is 2.32 bits per heavy atom. The van der Waals surface area contributed by atoms with E-state index < -0.39 is 36.2 Å². The summed E-state index contributed by atoms with van der Waals surface area (Å²) in [5.74, 6) is -3.83. The van der Waals surface area contributed by atoms with Crippen LogP contribution in [0.4, 0.5) is 0 Å². The number of unbranched alkanes of at least 4 members (excludes halogenated alkanes) is 2. The van der Waals surface area contributed by atoms with Crippen LogP contribution in [0.15, 0.2) is 42.5 Å². The van der Waals surface area contributed by atoms with Gasteiger partial charge >= 0.3 is 5.97 Å². The number of halogens is 1. The summed E-state index contributed by atoms with van der Waals surface area (Å²) in [5, 5.41) is 10.6. The molecule has 2 aliphatic heterocycles. The lowest BCUT2D eigenvalue weighted by atomic mass is 9.82. The number of carboxylic acids is 1. The number of carbonyl (C=O) groups excluding carboxylic acids is 1. The van der Waals surface area contributed by atoms with E-state index in [4.69, 9.17) is 17.0 Å². The maximum atomic E-state index is 13.9. The second-order valence-corrected chi connectivity index (χ2v) is 9.36. The van der Waals surface area contributed by atoms with Gasteiger partial charge in [0.15, 0.2) is 11.5 Å². The summed E-state index contributed by atoms with van der Waals surface area (Å²) in [7, 11) is 1.51. The number of carboxylic acid groups (broad SMARTS) is 1. The molecule has 0 spiro atoms. The molecule has 0 aliphatic carbocycles. The Kier molecular flexibility index (Phi) is 9.14. The number of amides is 1. The van der Waals surface area contributed by atoms with Crippen molar-refractivity contribution in [3.05, 3.63) is 53.6 Å². The zero-order valence-electron chi connectivity index (χ0n) is 25.1. The summed E-state index contributed by atoms with van der Waals surface area (Å²) in [6.45, 7) is 2.14. The summed E-state index contributed by atoms with van der Waals surface area (Å²) in [4.78, 5) is 29.7. The second-order valence-electron chi connectivity index (χ2n) is 9.36. The van der Waals surface area contributed by atoms with E-state index in [1.165, 1.54) is 12.0 Å². The van der Waals surface area contributed by atoms with Gasteiger partial charge in [0.05, 0.1) is 22.2 Å². The lowest BCUT2D eigenvalue weighted by molar-refractivity contribution is -0.144. The van der Waals surface area contributed by atoms with Crippen LogP contribution < -0.4 is 14.2 Å². The van der Waals surface area contributed by atoms with Crippen LogP contribution >= 0.6 is 12.4 Å². The average molecular weight is 550 g/mol. The molecule has 0 bridgehead atoms. The van der Waals surface area contributed by atoms with Gasteiger partial charge in [-0.1, -0.05) is 44.9 Å². The smallest absolute Gasteiger partial charge is 0.309 e. The Hall–Kier alpha value is -2.97. The molecule has 8 nitrogen and oxygen atoms in total. The van der Waals surface area contributed by atoms with Gasteiger partial charge in [-0.15, -0.1) is 12.4 Å². The Bertz CT molecular complexity index is 1210. The van der Waals surface area contributed by atoms with E-state index in [0.717, 1.165) is 25.7 Å². The number of hydrogen-bond donors (Lipinski definition) is 1. The number of nitrogens with zero attached hydrogens (tertiary/aromatic N) is 2. The third kappa shape index (κ3) is 6.53. The molecule has 3 atom stereocenters. The SMILES string of the molecule is Cl.[2H]C([2H])(C(=O)N(CCCC)CCCC)N1C[C@H](c2ccc3c(c2)OCO3)[C@@]([2H])(C(=O)O)[C@@H]1c1ccc(OC)cc1. The number of fused-ring (bicyclic) bond motifs is 1. The molecule has 4 rings (SSSR count). The van der Waals surface area contributed by atoms with Crippen molar-refractivity contribution in [2.75, 3.05) is 40.0 Å². The summed E-state index contributed by atoms with van der Waals surface area (Å²) < 4.78 is 43.9. The fourth-order valence-electron chi connectivity index (χ4n) is 4.90. The Morgan fingerprint density at radius 1 is 1.08 bits per heavy atom. The molecule has 0 radical (unpaired) electrons. The molecule has 208 valence electrons. The number of ether oxygens (including phenoxy) is 3. The topological polar surface area (TPSA) is 88.5 Å². The maximum Gasteiger partial charge on any atom is 0.309 e. The van der Waals surface area contributed by atoms with Gasteiger partial charge in [0.2, 0.25) is 12.7 Å². The normalized spacial score (nSPS) is 23.6. The van der Waals surface area contributed by atoms with E-state index in [0.29, 0.717) is 41.5 Å². The molecular formula is C29H39ClN2O6. The van der Waals surface area contributed by atoms with E-state index in [1.54, 1.807) is 47.4 Å². The quantitative estimate of drug-likeness (QED) is 0.393. The highest BCUT2D eigenvalue weighted by Gasteiger charge is 2.48. The molecule has 2 aromatic rings. The Morgan fingerprint density at radius 2 is 1.71 bits per heavy atom. The van der Waals surface area contributed by atoms with E-state index in [-0.39, 0.29) is 25.7 Å². The minimum atomic E-state index is -2.57. The molecule has 1 amide bonds. The standard InChI is InChI=1S/C29H38N2O6.ClH/c1-4-6-14-30(15-7-5-2)26(32)18-31-17-23(21-10-13-24-25(16-21)37-19-36-24)27(29(33)34)28(31)20-8-11-22(35-3)12-9-20;/h8-13,16,23,27-28H,4-7,14-15,17-19H2,1-3H3,(H,33,34);1H/t23-,27-,28+;/m1./s1/i18D2,27D;. The molecule has 0 aromatic heterocycles. The van der Waals surface area contributed by atoms with Crippen LogP contribution in [0, 0.1) is 5.89 Å². The summed E-state index contributed by atoms with van der Waals surface area (Å²) in [5.41, 5.74) is 0.909.